The SMILES string of the molecule is CCOc1cc(Cl)cc(N=NC(C(C)=O)C(=O)Nc2ccc(OC)c(OC)c2Cl)c1OCC. The molecule has 1 unspecified atom stereocenters. The fraction of sp³-hybridized carbons (Fsp3) is 0.364. The van der Waals surface area contributed by atoms with Gasteiger partial charge in [0, 0.05) is 11.1 Å². The van der Waals surface area contributed by atoms with Gasteiger partial charge in [0.2, 0.25) is 6.04 Å². The Kier molecular flexibility index (Phi) is 9.74. The minimum Gasteiger partial charge on any atom is -0.493 e. The van der Waals surface area contributed by atoms with E-state index in [4.69, 9.17) is 42.1 Å². The van der Waals surface area contributed by atoms with Gasteiger partial charge in [-0.3, -0.25) is 9.59 Å². The van der Waals surface area contributed by atoms with Crippen LogP contribution >= 0.6 is 23.2 Å². The summed E-state index contributed by atoms with van der Waals surface area (Å²) in [5.41, 5.74) is 0.438. The van der Waals surface area contributed by atoms with Crippen molar-refractivity contribution in [3.63, 3.8) is 0 Å². The van der Waals surface area contributed by atoms with Crippen LogP contribution in [0.5, 0.6) is 23.0 Å². The third kappa shape index (κ3) is 6.49. The number of Topliss-reactive ketones (excluding diaryl/α,β-unsaturated/α-hetero) is 1. The normalized spacial score (nSPS) is 11.7. The average Bonchev–Trinajstić information content (AvgIpc) is 2.77. The van der Waals surface area contributed by atoms with Gasteiger partial charge in [-0.05, 0) is 39.0 Å². The number of halogens is 2. The molecule has 0 aliphatic rings. The fourth-order valence-electron chi connectivity index (χ4n) is 2.81. The maximum Gasteiger partial charge on any atom is 0.258 e. The van der Waals surface area contributed by atoms with Crippen molar-refractivity contribution in [1.82, 2.24) is 0 Å². The van der Waals surface area contributed by atoms with Gasteiger partial charge in [0.1, 0.15) is 10.7 Å². The molecule has 0 saturated heterocycles. The second-order valence-corrected chi connectivity index (χ2v) is 7.31. The number of methoxy groups -OCH3 is 2. The molecule has 1 atom stereocenters. The highest BCUT2D eigenvalue weighted by atomic mass is 35.5. The number of hydrogen-bond donors (Lipinski definition) is 1. The summed E-state index contributed by atoms with van der Waals surface area (Å²) in [5, 5.41) is 11.0. The topological polar surface area (TPSA) is 108 Å². The number of carbonyl (C=O) groups excluding carboxylic acids is 2. The van der Waals surface area contributed by atoms with E-state index in [1.165, 1.54) is 33.3 Å². The van der Waals surface area contributed by atoms with Gasteiger partial charge >= 0.3 is 0 Å². The summed E-state index contributed by atoms with van der Waals surface area (Å²) in [6, 6.07) is 4.73. The van der Waals surface area contributed by atoms with Crippen molar-refractivity contribution in [3.05, 3.63) is 34.3 Å². The summed E-state index contributed by atoms with van der Waals surface area (Å²) in [5.74, 6) is 0.0441. The van der Waals surface area contributed by atoms with E-state index in [2.05, 4.69) is 15.5 Å². The number of benzene rings is 2. The van der Waals surface area contributed by atoms with Gasteiger partial charge in [-0.2, -0.15) is 10.2 Å². The van der Waals surface area contributed by atoms with Crippen molar-refractivity contribution in [1.29, 1.82) is 0 Å². The number of nitrogens with zero attached hydrogens (tertiary/aromatic N) is 2. The molecule has 0 aromatic heterocycles. The molecule has 2 aromatic rings. The maximum absolute atomic E-state index is 12.8. The van der Waals surface area contributed by atoms with Gasteiger partial charge in [-0.25, -0.2) is 0 Å². The number of ether oxygens (including phenoxy) is 4. The molecule has 0 bridgehead atoms. The molecule has 0 aliphatic heterocycles. The zero-order chi connectivity index (χ0) is 24.5. The minimum absolute atomic E-state index is 0.110. The molecule has 178 valence electrons. The van der Waals surface area contributed by atoms with E-state index < -0.39 is 17.7 Å². The molecule has 9 nitrogen and oxygen atoms in total. The summed E-state index contributed by atoms with van der Waals surface area (Å²) in [4.78, 5) is 25.0. The highest BCUT2D eigenvalue weighted by Crippen LogP contribution is 2.41. The number of amides is 1. The first kappa shape index (κ1) is 26.2. The number of rotatable bonds is 11. The van der Waals surface area contributed by atoms with Crippen molar-refractivity contribution >= 4 is 46.3 Å². The Balaban J connectivity index is 2.37. The third-order valence-electron chi connectivity index (χ3n) is 4.25. The molecule has 0 saturated carbocycles. The number of ketones is 1. The average molecular weight is 498 g/mol. The van der Waals surface area contributed by atoms with Crippen LogP contribution in [-0.4, -0.2) is 45.2 Å². The molecule has 0 radical (unpaired) electrons. The van der Waals surface area contributed by atoms with Crippen LogP contribution in [0, 0.1) is 0 Å². The monoisotopic (exact) mass is 497 g/mol. The third-order valence-corrected chi connectivity index (χ3v) is 4.84. The second-order valence-electron chi connectivity index (χ2n) is 6.50. The molecule has 2 rings (SSSR count). The Morgan fingerprint density at radius 3 is 2.27 bits per heavy atom. The highest BCUT2D eigenvalue weighted by Gasteiger charge is 2.25. The fourth-order valence-corrected chi connectivity index (χ4v) is 3.29. The van der Waals surface area contributed by atoms with Gasteiger partial charge in [0.15, 0.2) is 28.8 Å². The predicted octanol–water partition coefficient (Wildman–Crippen LogP) is 5.49. The molecular formula is C22H25Cl2N3O6. The van der Waals surface area contributed by atoms with Gasteiger partial charge in [0.25, 0.3) is 5.91 Å². The number of azo groups is 1. The van der Waals surface area contributed by atoms with Crippen LogP contribution in [0.4, 0.5) is 11.4 Å². The summed E-state index contributed by atoms with van der Waals surface area (Å²) in [6.45, 7) is 5.55. The van der Waals surface area contributed by atoms with E-state index in [1.807, 2.05) is 6.92 Å². The second kappa shape index (κ2) is 12.3. The zero-order valence-electron chi connectivity index (χ0n) is 18.9. The molecule has 0 heterocycles. The standard InChI is InChI=1S/C22H25Cl2N3O6/c1-6-32-17-11-13(23)10-15(20(17)33-7-2)26-27-19(12(3)28)22(29)25-14-8-9-16(30-4)21(31-5)18(14)24/h8-11,19H,6-7H2,1-5H3,(H,25,29). The van der Waals surface area contributed by atoms with Crippen molar-refractivity contribution in [3.8, 4) is 23.0 Å². The summed E-state index contributed by atoms with van der Waals surface area (Å²) in [6.07, 6.45) is 0. The Morgan fingerprint density at radius 2 is 1.70 bits per heavy atom. The molecule has 1 N–H and O–H groups in total. The Morgan fingerprint density at radius 1 is 1.00 bits per heavy atom. The molecule has 2 aromatic carbocycles. The lowest BCUT2D eigenvalue weighted by Crippen LogP contribution is -2.32. The van der Waals surface area contributed by atoms with Crippen molar-refractivity contribution in [2.45, 2.75) is 26.8 Å². The van der Waals surface area contributed by atoms with E-state index >= 15 is 0 Å². The lowest BCUT2D eigenvalue weighted by molar-refractivity contribution is -0.126. The van der Waals surface area contributed by atoms with E-state index in [1.54, 1.807) is 19.1 Å². The summed E-state index contributed by atoms with van der Waals surface area (Å²) in [7, 11) is 2.88. The Labute approximate surface area is 202 Å². The molecular weight excluding hydrogens is 473 g/mol. The number of hydrogen-bond acceptors (Lipinski definition) is 8. The lowest BCUT2D eigenvalue weighted by Gasteiger charge is -2.15. The number of anilines is 1. The van der Waals surface area contributed by atoms with Gasteiger partial charge in [-0.1, -0.05) is 23.2 Å². The summed E-state index contributed by atoms with van der Waals surface area (Å²) >= 11 is 12.5. The summed E-state index contributed by atoms with van der Waals surface area (Å²) < 4.78 is 21.6. The number of carbonyl (C=O) groups is 2. The van der Waals surface area contributed by atoms with Crippen LogP contribution in [0.2, 0.25) is 10.0 Å². The molecule has 33 heavy (non-hydrogen) atoms. The quantitative estimate of drug-likeness (QED) is 0.324. The molecule has 0 spiro atoms. The maximum atomic E-state index is 12.8. The first-order valence-corrected chi connectivity index (χ1v) is 10.7. The van der Waals surface area contributed by atoms with E-state index in [0.717, 1.165) is 0 Å². The molecule has 1 amide bonds. The van der Waals surface area contributed by atoms with Crippen LogP contribution in [0.3, 0.4) is 0 Å². The van der Waals surface area contributed by atoms with Crippen LogP contribution in [0.25, 0.3) is 0 Å². The predicted molar refractivity (Wildman–Crippen MR) is 126 cm³/mol. The molecule has 11 heteroatoms. The van der Waals surface area contributed by atoms with Crippen LogP contribution < -0.4 is 24.3 Å². The van der Waals surface area contributed by atoms with Gasteiger partial charge in [-0.15, -0.1) is 0 Å². The van der Waals surface area contributed by atoms with E-state index in [0.29, 0.717) is 35.5 Å². The number of nitrogens with one attached hydrogen (secondary N) is 1. The van der Waals surface area contributed by atoms with Crippen molar-refractivity contribution < 1.29 is 28.5 Å². The first-order valence-electron chi connectivity index (χ1n) is 9.99. The van der Waals surface area contributed by atoms with E-state index in [9.17, 15) is 9.59 Å². The smallest absolute Gasteiger partial charge is 0.258 e. The largest absolute Gasteiger partial charge is 0.493 e. The first-order chi connectivity index (χ1) is 15.8. The van der Waals surface area contributed by atoms with Gasteiger partial charge < -0.3 is 24.3 Å². The van der Waals surface area contributed by atoms with E-state index in [-0.39, 0.29) is 22.1 Å². The van der Waals surface area contributed by atoms with Crippen molar-refractivity contribution in [2.75, 3.05) is 32.8 Å². The van der Waals surface area contributed by atoms with Crippen LogP contribution in [0.15, 0.2) is 34.5 Å². The minimum atomic E-state index is -1.45. The van der Waals surface area contributed by atoms with Crippen molar-refractivity contribution in [2.24, 2.45) is 10.2 Å². The molecule has 0 fully saturated rings. The van der Waals surface area contributed by atoms with Gasteiger partial charge in [0.05, 0.1) is 33.1 Å². The lowest BCUT2D eigenvalue weighted by atomic mass is 10.2. The van der Waals surface area contributed by atoms with Crippen LogP contribution in [0.1, 0.15) is 20.8 Å². The molecule has 0 aliphatic carbocycles. The van der Waals surface area contributed by atoms with Crippen LogP contribution in [-0.2, 0) is 9.59 Å². The Hall–Kier alpha value is -3.04. The highest BCUT2D eigenvalue weighted by molar-refractivity contribution is 6.35. The zero-order valence-corrected chi connectivity index (χ0v) is 20.4. The Bertz CT molecular complexity index is 1050.